The quantitative estimate of drug-likeness (QED) is 0.291. The molecule has 0 aliphatic carbocycles. The highest BCUT2D eigenvalue weighted by atomic mass is 35.5. The second kappa shape index (κ2) is 12.1. The largest absolute Gasteiger partial charge is 0.508 e. The molecule has 0 aliphatic heterocycles. The van der Waals surface area contributed by atoms with Crippen molar-refractivity contribution in [3.8, 4) is 23.0 Å². The highest BCUT2D eigenvalue weighted by Gasteiger charge is 2.40. The Morgan fingerprint density at radius 3 is 2.19 bits per heavy atom. The number of hydrogen-bond donors (Lipinski definition) is 3. The van der Waals surface area contributed by atoms with Gasteiger partial charge in [-0.15, -0.1) is 0 Å². The van der Waals surface area contributed by atoms with Crippen LogP contribution in [0.25, 0.3) is 0 Å². The van der Waals surface area contributed by atoms with Crippen LogP contribution in [-0.4, -0.2) is 40.9 Å². The molecule has 0 heterocycles. The Hall–Kier alpha value is -3.63. The highest BCUT2D eigenvalue weighted by molar-refractivity contribution is 6.37. The van der Waals surface area contributed by atoms with E-state index in [0.717, 1.165) is 5.56 Å². The molecule has 0 saturated heterocycles. The predicted octanol–water partition coefficient (Wildman–Crippen LogP) is 5.79. The summed E-state index contributed by atoms with van der Waals surface area (Å²) in [5.74, 6) is -2.65. The van der Waals surface area contributed by atoms with E-state index in [9.17, 15) is 33.0 Å². The highest BCUT2D eigenvalue weighted by Crippen LogP contribution is 2.35. The fraction of sp³-hybridized carbons (Fsp3) is 0.200. The lowest BCUT2D eigenvalue weighted by Crippen LogP contribution is -2.47. The monoisotopic (exact) mass is 557 g/mol. The third-order valence-corrected chi connectivity index (χ3v) is 5.53. The minimum absolute atomic E-state index is 0.0261. The Labute approximate surface area is 219 Å². The molecule has 3 rings (SSSR count). The number of alkyl halides is 3. The number of amides is 1. The zero-order chi connectivity index (χ0) is 27.2. The summed E-state index contributed by atoms with van der Waals surface area (Å²) in [5.41, 5.74) is 1.07. The van der Waals surface area contributed by atoms with Gasteiger partial charge in [-0.1, -0.05) is 35.3 Å². The molecule has 1 amide bonds. The Balaban J connectivity index is 1.61. The SMILES string of the molecule is O=C(O)[C@H](Cc1cc(Cl)c(OCCc2cccc(Oc3ccc(O)cc3)c2)c(Cl)c1)NC(=O)C(F)(F)F. The third-order valence-electron chi connectivity index (χ3n) is 4.97. The summed E-state index contributed by atoms with van der Waals surface area (Å²) in [6.07, 6.45) is -5.26. The van der Waals surface area contributed by atoms with Crippen molar-refractivity contribution in [1.82, 2.24) is 5.32 Å². The standard InChI is InChI=1S/C25H20Cl2F3NO6/c26-19-11-15(13-21(23(33)34)31-24(35)25(28,29)30)12-20(27)22(19)36-9-8-14-2-1-3-18(10-14)37-17-6-4-16(32)5-7-17/h1-7,10-12,21,32H,8-9,13H2,(H,31,35)(H,33,34)/t21-/m0/s1. The van der Waals surface area contributed by atoms with Crippen molar-refractivity contribution in [1.29, 1.82) is 0 Å². The van der Waals surface area contributed by atoms with Gasteiger partial charge >= 0.3 is 18.1 Å². The minimum Gasteiger partial charge on any atom is -0.508 e. The lowest BCUT2D eigenvalue weighted by Gasteiger charge is -2.17. The van der Waals surface area contributed by atoms with Crippen LogP contribution in [0.15, 0.2) is 60.7 Å². The van der Waals surface area contributed by atoms with Crippen LogP contribution in [0.4, 0.5) is 13.2 Å². The summed E-state index contributed by atoms with van der Waals surface area (Å²) < 4.78 is 48.9. The molecule has 0 aliphatic rings. The van der Waals surface area contributed by atoms with Gasteiger partial charge in [-0.2, -0.15) is 13.2 Å². The molecule has 3 N–H and O–H groups in total. The van der Waals surface area contributed by atoms with Gasteiger partial charge in [-0.25, -0.2) is 4.79 Å². The molecule has 0 saturated carbocycles. The maximum Gasteiger partial charge on any atom is 0.471 e. The maximum absolute atomic E-state index is 12.5. The molecule has 37 heavy (non-hydrogen) atoms. The summed E-state index contributed by atoms with van der Waals surface area (Å²) >= 11 is 12.4. The van der Waals surface area contributed by atoms with Gasteiger partial charge in [0.25, 0.3) is 0 Å². The van der Waals surface area contributed by atoms with Crippen molar-refractivity contribution >= 4 is 35.1 Å². The van der Waals surface area contributed by atoms with Gasteiger partial charge in [0.05, 0.1) is 16.7 Å². The van der Waals surface area contributed by atoms with Crippen LogP contribution >= 0.6 is 23.2 Å². The summed E-state index contributed by atoms with van der Waals surface area (Å²) in [7, 11) is 0. The second-order valence-electron chi connectivity index (χ2n) is 7.80. The first kappa shape index (κ1) is 27.9. The van der Waals surface area contributed by atoms with Crippen molar-refractivity contribution in [2.75, 3.05) is 6.61 Å². The van der Waals surface area contributed by atoms with Crippen LogP contribution in [0, 0.1) is 0 Å². The summed E-state index contributed by atoms with van der Waals surface area (Å²) in [5, 5.41) is 20.0. The van der Waals surface area contributed by atoms with E-state index in [0.29, 0.717) is 17.9 Å². The second-order valence-corrected chi connectivity index (χ2v) is 8.61. The van der Waals surface area contributed by atoms with Crippen LogP contribution < -0.4 is 14.8 Å². The lowest BCUT2D eigenvalue weighted by atomic mass is 10.1. The molecule has 1 atom stereocenters. The number of ether oxygens (including phenoxy) is 2. The van der Waals surface area contributed by atoms with E-state index in [2.05, 4.69) is 0 Å². The van der Waals surface area contributed by atoms with Crippen LogP contribution in [0.3, 0.4) is 0 Å². The number of carbonyl (C=O) groups is 2. The first-order chi connectivity index (χ1) is 17.4. The molecule has 0 radical (unpaired) electrons. The van der Waals surface area contributed by atoms with Crippen LogP contribution in [0.1, 0.15) is 11.1 Å². The van der Waals surface area contributed by atoms with Crippen LogP contribution in [0.5, 0.6) is 23.0 Å². The molecule has 3 aromatic rings. The number of halogens is 5. The number of hydrogen-bond acceptors (Lipinski definition) is 5. The molecule has 0 aromatic heterocycles. The average molecular weight is 558 g/mol. The Morgan fingerprint density at radius 2 is 1.59 bits per heavy atom. The Morgan fingerprint density at radius 1 is 0.946 bits per heavy atom. The maximum atomic E-state index is 12.5. The summed E-state index contributed by atoms with van der Waals surface area (Å²) in [6.45, 7) is 0.168. The normalized spacial score (nSPS) is 12.0. The molecule has 0 bridgehead atoms. The van der Waals surface area contributed by atoms with E-state index in [1.807, 2.05) is 12.1 Å². The van der Waals surface area contributed by atoms with Crippen molar-refractivity contribution in [3.63, 3.8) is 0 Å². The number of aliphatic carboxylic acids is 1. The third kappa shape index (κ3) is 8.19. The van der Waals surface area contributed by atoms with Crippen LogP contribution in [0.2, 0.25) is 10.0 Å². The van der Waals surface area contributed by atoms with Gasteiger partial charge in [0.15, 0.2) is 5.75 Å². The van der Waals surface area contributed by atoms with Gasteiger partial charge in [0.1, 0.15) is 23.3 Å². The van der Waals surface area contributed by atoms with Gasteiger partial charge < -0.3 is 25.0 Å². The van der Waals surface area contributed by atoms with Crippen molar-refractivity contribution < 1.29 is 42.4 Å². The number of carbonyl (C=O) groups excluding carboxylic acids is 1. The molecular formula is C25H20Cl2F3NO6. The molecular weight excluding hydrogens is 538 g/mol. The average Bonchev–Trinajstić information content (AvgIpc) is 2.81. The molecule has 0 unspecified atom stereocenters. The lowest BCUT2D eigenvalue weighted by molar-refractivity contribution is -0.175. The van der Waals surface area contributed by atoms with Crippen molar-refractivity contribution in [2.45, 2.75) is 25.1 Å². The molecule has 0 spiro atoms. The number of carboxylic acids is 1. The Bertz CT molecular complexity index is 1250. The zero-order valence-electron chi connectivity index (χ0n) is 18.9. The number of aromatic hydroxyl groups is 1. The van der Waals surface area contributed by atoms with Gasteiger partial charge in [-0.3, -0.25) is 4.79 Å². The molecule has 0 fully saturated rings. The number of carboxylic acid groups (broad SMARTS) is 1. The number of rotatable bonds is 10. The van der Waals surface area contributed by atoms with E-state index < -0.39 is 30.5 Å². The summed E-state index contributed by atoms with van der Waals surface area (Å²) in [6, 6.07) is 14.3. The first-order valence-corrected chi connectivity index (χ1v) is 11.4. The first-order valence-electron chi connectivity index (χ1n) is 10.7. The van der Waals surface area contributed by atoms with Gasteiger partial charge in [0, 0.05) is 12.8 Å². The number of phenols is 1. The minimum atomic E-state index is -5.22. The topological polar surface area (TPSA) is 105 Å². The van der Waals surface area contributed by atoms with Gasteiger partial charge in [0.2, 0.25) is 0 Å². The predicted molar refractivity (Wildman–Crippen MR) is 130 cm³/mol. The smallest absolute Gasteiger partial charge is 0.471 e. The van der Waals surface area contributed by atoms with Crippen molar-refractivity contribution in [3.05, 3.63) is 81.8 Å². The number of benzene rings is 3. The number of phenolic OH excluding ortho intramolecular Hbond substituents is 1. The van der Waals surface area contributed by atoms with E-state index >= 15 is 0 Å². The van der Waals surface area contributed by atoms with E-state index in [1.165, 1.54) is 29.6 Å². The van der Waals surface area contributed by atoms with Crippen molar-refractivity contribution in [2.24, 2.45) is 0 Å². The zero-order valence-corrected chi connectivity index (χ0v) is 20.4. The van der Waals surface area contributed by atoms with Crippen LogP contribution in [-0.2, 0) is 22.4 Å². The molecule has 12 heteroatoms. The van der Waals surface area contributed by atoms with E-state index in [-0.39, 0.29) is 33.7 Å². The molecule has 7 nitrogen and oxygen atoms in total. The summed E-state index contributed by atoms with van der Waals surface area (Å²) in [4.78, 5) is 22.5. The molecule has 3 aromatic carbocycles. The Kier molecular flexibility index (Phi) is 9.12. The molecule has 196 valence electrons. The fourth-order valence-electron chi connectivity index (χ4n) is 3.23. The van der Waals surface area contributed by atoms with E-state index in [1.54, 1.807) is 24.3 Å². The van der Waals surface area contributed by atoms with E-state index in [4.69, 9.17) is 32.7 Å². The number of nitrogens with one attached hydrogen (secondary N) is 1. The fourth-order valence-corrected chi connectivity index (χ4v) is 3.87. The van der Waals surface area contributed by atoms with Gasteiger partial charge in [-0.05, 0) is 59.7 Å².